The molecule has 0 bridgehead atoms. The summed E-state index contributed by atoms with van der Waals surface area (Å²) in [6.07, 6.45) is 0. The maximum Gasteiger partial charge on any atom is 0.0630 e. The molecule has 0 heterocycles. The van der Waals surface area contributed by atoms with E-state index in [4.69, 9.17) is 26.0 Å². The highest BCUT2D eigenvalue weighted by Crippen LogP contribution is 2.47. The van der Waals surface area contributed by atoms with E-state index in [2.05, 4.69) is 0 Å². The molecule has 0 nitrogen and oxygen atoms in total. The fourth-order valence-electron chi connectivity index (χ4n) is 5.44. The lowest BCUT2D eigenvalue weighted by atomic mass is 9.83. The van der Waals surface area contributed by atoms with E-state index < -0.39 is 256 Å². The highest BCUT2D eigenvalue weighted by atomic mass is 14.2. The molecule has 0 aliphatic heterocycles. The quantitative estimate of drug-likeness (QED) is 0.181. The van der Waals surface area contributed by atoms with Gasteiger partial charge in [-0.25, -0.2) is 0 Å². The first kappa shape index (κ1) is 9.64. The van der Waals surface area contributed by atoms with Gasteiger partial charge in [0.1, 0.15) is 0 Å². The van der Waals surface area contributed by atoms with Crippen LogP contribution in [-0.2, 0) is 0 Å². The third-order valence-corrected chi connectivity index (χ3v) is 7.25. The molecule has 9 aromatic carbocycles. The largest absolute Gasteiger partial charge is 0.0630 e. The van der Waals surface area contributed by atoms with Gasteiger partial charge in [-0.2, -0.15) is 0 Å². The molecule has 0 N–H and O–H groups in total. The van der Waals surface area contributed by atoms with Crippen LogP contribution in [0.25, 0.3) is 87.2 Å². The average Bonchev–Trinajstić information content (AvgIpc) is 3.35. The molecule has 0 spiro atoms. The van der Waals surface area contributed by atoms with Gasteiger partial charge in [-0.15, -0.1) is 0 Å². The van der Waals surface area contributed by atoms with Crippen molar-refractivity contribution in [2.45, 2.75) is 0 Å². The smallest absolute Gasteiger partial charge is 0.0616 e. The summed E-state index contributed by atoms with van der Waals surface area (Å²) in [7, 11) is 0. The first-order valence-corrected chi connectivity index (χ1v) is 13.0. The van der Waals surface area contributed by atoms with Crippen LogP contribution in [-0.4, -0.2) is 0 Å². The number of hydrogen-bond donors (Lipinski definition) is 0. The molecule has 9 rings (SSSR count). The fraction of sp³-hybridized carbons (Fsp3) is 0. The predicted molar refractivity (Wildman–Crippen MR) is 190 cm³/mol. The van der Waals surface area contributed by atoms with Crippen LogP contribution in [0.1, 0.15) is 38.4 Å². The number of hydrogen-bond acceptors (Lipinski definition) is 0. The monoisotopic (exact) mass is 584 g/mol. The average molecular weight is 585 g/mol. The number of benzene rings is 9. The Hall–Kier alpha value is -5.72. The molecule has 44 heavy (non-hydrogen) atoms. The number of fused-ring (bicyclic) bond motifs is 5. The van der Waals surface area contributed by atoms with Gasteiger partial charge in [0.2, 0.25) is 0 Å². The van der Waals surface area contributed by atoms with Crippen LogP contribution in [0.4, 0.5) is 0 Å². The summed E-state index contributed by atoms with van der Waals surface area (Å²) < 4.78 is 252. The summed E-state index contributed by atoms with van der Waals surface area (Å²) in [4.78, 5) is 0. The van der Waals surface area contributed by atoms with Crippen molar-refractivity contribution in [2.75, 3.05) is 0 Å². The second-order valence-electron chi connectivity index (χ2n) is 9.50. The molecule has 0 radical (unpaired) electrons. The Kier molecular flexibility index (Phi) is 2.18. The van der Waals surface area contributed by atoms with Gasteiger partial charge in [-0.05, 0) is 87.2 Å². The molecule has 0 heteroatoms. The summed E-state index contributed by atoms with van der Waals surface area (Å²) in [5, 5.41) is -7.25. The molecular formula is C44H28. The van der Waals surface area contributed by atoms with Crippen LogP contribution in [0, 0.1) is 0 Å². The maximum absolute atomic E-state index is 9.86. The standard InChI is InChI=1S/C44H28/c1-3-17-31-29(13-1)15-11-25-33(31)36-27-28-42(35-20-6-5-19-34(35)36)44-40-23-9-7-21-38(40)43(39-22-8-10-24-41(39)44)37-26-12-16-30-14-2-4-18-32(30)37/h1-28H/i1D,2D,3D,4D,5D,6D,7D,8D,9D,10D,11D,12D,13D,14D,15D,16D,17D,18D,19D,20D,21D,22D,23D,24D,25D,26D,27D,28D. The molecule has 0 aromatic heterocycles. The summed E-state index contributed by atoms with van der Waals surface area (Å²) in [5.74, 6) is 0. The summed E-state index contributed by atoms with van der Waals surface area (Å²) in [5.41, 5.74) is -4.63. The fourth-order valence-corrected chi connectivity index (χ4v) is 5.44. The third kappa shape index (κ3) is 3.71. The van der Waals surface area contributed by atoms with Gasteiger partial charge >= 0.3 is 0 Å². The van der Waals surface area contributed by atoms with Crippen molar-refractivity contribution in [3.8, 4) is 33.4 Å². The molecule has 0 aliphatic carbocycles. The zero-order valence-electron chi connectivity index (χ0n) is 50.0. The normalized spacial score (nSPS) is 20.5. The summed E-state index contributed by atoms with van der Waals surface area (Å²) in [6.45, 7) is 0. The first-order chi connectivity index (χ1) is 33.5. The van der Waals surface area contributed by atoms with Crippen molar-refractivity contribution in [3.05, 3.63) is 169 Å². The molecule has 0 saturated heterocycles. The van der Waals surface area contributed by atoms with E-state index >= 15 is 0 Å². The molecule has 0 amide bonds. The van der Waals surface area contributed by atoms with Crippen LogP contribution in [0.5, 0.6) is 0 Å². The lowest BCUT2D eigenvalue weighted by molar-refractivity contribution is 1.66. The molecule has 0 unspecified atom stereocenters. The van der Waals surface area contributed by atoms with Crippen LogP contribution >= 0.6 is 0 Å². The van der Waals surface area contributed by atoms with E-state index in [0.717, 1.165) is 0 Å². The zero-order valence-corrected chi connectivity index (χ0v) is 22.0. The Balaban J connectivity index is 1.69. The zero-order chi connectivity index (χ0) is 53.4. The lowest BCUT2D eigenvalue weighted by Crippen LogP contribution is -1.93. The Bertz CT molecular complexity index is 4020. The molecule has 9 aromatic rings. The van der Waals surface area contributed by atoms with Crippen molar-refractivity contribution in [2.24, 2.45) is 0 Å². The SMILES string of the molecule is [2H]c1c([2H])c([2H])c2c(-c3c([2H])c([2H])c(-c4c5c([2H])c([2H])c([2H])c([2H])c5c(-c5c([2H])c([2H])c([2H])c6c([2H])c([2H])c([2H])c([2H])c56)c5c([2H])c([2H])c([2H])c([2H])c45)c4c([2H])c([2H])c([2H])c([2H])c34)c([2H])c([2H])c([2H])c2c1[2H]. The molecular weight excluding hydrogens is 528 g/mol. The predicted octanol–water partition coefficient (Wildman–Crippen LogP) is 12.5. The minimum absolute atomic E-state index is 0.624. The minimum Gasteiger partial charge on any atom is -0.0616 e. The van der Waals surface area contributed by atoms with E-state index in [9.17, 15) is 12.3 Å². The van der Waals surface area contributed by atoms with Crippen LogP contribution < -0.4 is 0 Å². The topological polar surface area (TPSA) is 0 Å². The first-order valence-electron chi connectivity index (χ1n) is 27.0. The van der Waals surface area contributed by atoms with Crippen LogP contribution in [0.3, 0.4) is 0 Å². The summed E-state index contributed by atoms with van der Waals surface area (Å²) in [6, 6.07) is -27.2. The Labute approximate surface area is 295 Å². The van der Waals surface area contributed by atoms with E-state index in [1.165, 1.54) is 0 Å². The number of rotatable bonds is 3. The van der Waals surface area contributed by atoms with Crippen molar-refractivity contribution in [3.63, 3.8) is 0 Å². The van der Waals surface area contributed by atoms with E-state index in [1.807, 2.05) is 0 Å². The van der Waals surface area contributed by atoms with E-state index in [1.54, 1.807) is 0 Å². The highest BCUT2D eigenvalue weighted by Gasteiger charge is 2.20. The van der Waals surface area contributed by atoms with Gasteiger partial charge in [-0.3, -0.25) is 0 Å². The van der Waals surface area contributed by atoms with Crippen molar-refractivity contribution in [1.29, 1.82) is 0 Å². The highest BCUT2D eigenvalue weighted by molar-refractivity contribution is 6.26. The van der Waals surface area contributed by atoms with Crippen molar-refractivity contribution >= 4 is 53.9 Å². The van der Waals surface area contributed by atoms with Crippen molar-refractivity contribution in [1.82, 2.24) is 0 Å². The molecule has 0 atom stereocenters. The Morgan fingerprint density at radius 3 is 1.05 bits per heavy atom. The van der Waals surface area contributed by atoms with Gasteiger partial charge in [-0.1, -0.05) is 169 Å². The lowest BCUT2D eigenvalue weighted by Gasteiger charge is -2.20. The molecule has 0 aliphatic rings. The Morgan fingerprint density at radius 1 is 0.227 bits per heavy atom. The Morgan fingerprint density at radius 2 is 0.523 bits per heavy atom. The maximum atomic E-state index is 9.86. The van der Waals surface area contributed by atoms with E-state index in [0.29, 0.717) is 0 Å². The van der Waals surface area contributed by atoms with Crippen molar-refractivity contribution < 1.29 is 38.4 Å². The summed E-state index contributed by atoms with van der Waals surface area (Å²) >= 11 is 0. The molecule has 204 valence electrons. The second kappa shape index (κ2) is 9.93. The van der Waals surface area contributed by atoms with Gasteiger partial charge < -0.3 is 0 Å². The van der Waals surface area contributed by atoms with E-state index in [-0.39, 0.29) is 0 Å². The van der Waals surface area contributed by atoms with Gasteiger partial charge in [0.25, 0.3) is 0 Å². The third-order valence-electron chi connectivity index (χ3n) is 7.25. The van der Waals surface area contributed by atoms with Gasteiger partial charge in [0, 0.05) is 0 Å². The molecule has 0 fully saturated rings. The minimum atomic E-state index is -1.12. The van der Waals surface area contributed by atoms with Crippen LogP contribution in [0.15, 0.2) is 169 Å². The van der Waals surface area contributed by atoms with Gasteiger partial charge in [0.05, 0.1) is 38.4 Å². The second-order valence-corrected chi connectivity index (χ2v) is 9.50. The van der Waals surface area contributed by atoms with Gasteiger partial charge in [0.15, 0.2) is 0 Å². The van der Waals surface area contributed by atoms with Crippen LogP contribution in [0.2, 0.25) is 0 Å². The molecule has 0 saturated carbocycles.